The van der Waals surface area contributed by atoms with Crippen molar-refractivity contribution in [3.05, 3.63) is 53.3 Å². The number of anilines is 3. The number of benzene rings is 2. The Kier molecular flexibility index (Phi) is 3.57. The highest BCUT2D eigenvalue weighted by Crippen LogP contribution is 2.34. The van der Waals surface area contributed by atoms with Gasteiger partial charge in [-0.2, -0.15) is 13.2 Å². The summed E-state index contributed by atoms with van der Waals surface area (Å²) >= 11 is 0. The average Bonchev–Trinajstić information content (AvgIpc) is 2.33. The zero-order valence-electron chi connectivity index (χ0n) is 10.6. The molecule has 0 aliphatic heterocycles. The topological polar surface area (TPSA) is 38.0 Å². The third kappa shape index (κ3) is 3.01. The molecule has 0 aliphatic carbocycles. The van der Waals surface area contributed by atoms with E-state index in [4.69, 9.17) is 5.73 Å². The summed E-state index contributed by atoms with van der Waals surface area (Å²) in [6.07, 6.45) is -4.43. The van der Waals surface area contributed by atoms with Gasteiger partial charge in [0.1, 0.15) is 5.82 Å². The van der Waals surface area contributed by atoms with Crippen molar-refractivity contribution in [1.29, 1.82) is 0 Å². The maximum Gasteiger partial charge on any atom is 0.416 e. The highest BCUT2D eigenvalue weighted by atomic mass is 19.4. The van der Waals surface area contributed by atoms with Crippen LogP contribution in [0.3, 0.4) is 0 Å². The number of rotatable bonds is 2. The van der Waals surface area contributed by atoms with Crippen LogP contribution >= 0.6 is 0 Å². The van der Waals surface area contributed by atoms with E-state index in [1.807, 2.05) is 0 Å². The van der Waals surface area contributed by atoms with Crippen LogP contribution in [0, 0.1) is 12.7 Å². The lowest BCUT2D eigenvalue weighted by Crippen LogP contribution is -2.07. The van der Waals surface area contributed by atoms with Gasteiger partial charge in [0.05, 0.1) is 16.9 Å². The fourth-order valence-corrected chi connectivity index (χ4v) is 1.77. The van der Waals surface area contributed by atoms with Gasteiger partial charge in [-0.1, -0.05) is 0 Å². The zero-order valence-corrected chi connectivity index (χ0v) is 10.6. The Bertz CT molecular complexity index is 636. The first-order valence-electron chi connectivity index (χ1n) is 5.77. The Morgan fingerprint density at radius 1 is 1.00 bits per heavy atom. The van der Waals surface area contributed by atoms with Crippen molar-refractivity contribution in [3.8, 4) is 0 Å². The van der Waals surface area contributed by atoms with Crippen LogP contribution in [0.2, 0.25) is 0 Å². The van der Waals surface area contributed by atoms with E-state index in [0.29, 0.717) is 16.9 Å². The molecule has 106 valence electrons. The lowest BCUT2D eigenvalue weighted by molar-refractivity contribution is -0.137. The second kappa shape index (κ2) is 5.03. The Morgan fingerprint density at radius 2 is 1.65 bits per heavy atom. The van der Waals surface area contributed by atoms with Crippen LogP contribution in [-0.2, 0) is 6.18 Å². The third-order valence-corrected chi connectivity index (χ3v) is 2.84. The summed E-state index contributed by atoms with van der Waals surface area (Å²) in [5, 5.41) is 2.89. The Morgan fingerprint density at radius 3 is 2.20 bits per heavy atom. The van der Waals surface area contributed by atoms with Gasteiger partial charge < -0.3 is 11.1 Å². The van der Waals surface area contributed by atoms with Crippen molar-refractivity contribution in [2.75, 3.05) is 11.1 Å². The highest BCUT2D eigenvalue weighted by Gasteiger charge is 2.30. The summed E-state index contributed by atoms with van der Waals surface area (Å²) in [5.74, 6) is -0.381. The molecule has 0 aromatic heterocycles. The Balaban J connectivity index is 2.30. The number of halogens is 4. The highest BCUT2D eigenvalue weighted by molar-refractivity contribution is 5.74. The zero-order chi connectivity index (χ0) is 14.9. The van der Waals surface area contributed by atoms with Gasteiger partial charge in [0, 0.05) is 5.69 Å². The van der Waals surface area contributed by atoms with E-state index in [1.165, 1.54) is 24.3 Å². The molecule has 0 saturated heterocycles. The SMILES string of the molecule is Cc1cc(F)ccc1Nc1ccc(C(F)(F)F)cc1N. The fraction of sp³-hybridized carbons (Fsp3) is 0.143. The van der Waals surface area contributed by atoms with E-state index in [1.54, 1.807) is 6.92 Å². The van der Waals surface area contributed by atoms with E-state index in [2.05, 4.69) is 5.32 Å². The summed E-state index contributed by atoms with van der Waals surface area (Å²) in [6.45, 7) is 1.69. The maximum atomic E-state index is 13.0. The minimum atomic E-state index is -4.43. The number of nitrogens with one attached hydrogen (secondary N) is 1. The van der Waals surface area contributed by atoms with Crippen molar-refractivity contribution in [2.24, 2.45) is 0 Å². The predicted octanol–water partition coefficient (Wildman–Crippen LogP) is 4.48. The van der Waals surface area contributed by atoms with Gasteiger partial charge in [-0.3, -0.25) is 0 Å². The lowest BCUT2D eigenvalue weighted by atomic mass is 10.1. The monoisotopic (exact) mass is 284 g/mol. The number of alkyl halides is 3. The molecule has 0 saturated carbocycles. The predicted molar refractivity (Wildman–Crippen MR) is 70.3 cm³/mol. The molecule has 0 amide bonds. The third-order valence-electron chi connectivity index (χ3n) is 2.84. The van der Waals surface area contributed by atoms with Crippen molar-refractivity contribution >= 4 is 17.1 Å². The number of aryl methyl sites for hydroxylation is 1. The molecule has 6 heteroatoms. The lowest BCUT2D eigenvalue weighted by Gasteiger charge is -2.14. The minimum Gasteiger partial charge on any atom is -0.397 e. The van der Waals surface area contributed by atoms with Gasteiger partial charge in [0.25, 0.3) is 0 Å². The van der Waals surface area contributed by atoms with Crippen LogP contribution in [0.4, 0.5) is 34.6 Å². The molecule has 2 aromatic rings. The minimum absolute atomic E-state index is 0.0245. The van der Waals surface area contributed by atoms with Crippen LogP contribution < -0.4 is 11.1 Å². The van der Waals surface area contributed by atoms with Crippen molar-refractivity contribution in [1.82, 2.24) is 0 Å². The van der Waals surface area contributed by atoms with E-state index < -0.39 is 11.7 Å². The molecule has 2 aromatic carbocycles. The molecule has 2 nitrogen and oxygen atoms in total. The summed E-state index contributed by atoms with van der Waals surface area (Å²) in [7, 11) is 0. The standard InChI is InChI=1S/C14H12F4N2/c1-8-6-10(15)3-5-12(8)20-13-4-2-9(7-11(13)19)14(16,17)18/h2-7,20H,19H2,1H3. The van der Waals surface area contributed by atoms with Crippen molar-refractivity contribution < 1.29 is 17.6 Å². The molecule has 0 unspecified atom stereocenters. The van der Waals surface area contributed by atoms with Crippen LogP contribution in [0.5, 0.6) is 0 Å². The second-order valence-electron chi connectivity index (χ2n) is 4.38. The molecule has 0 heterocycles. The van der Waals surface area contributed by atoms with Gasteiger partial charge in [-0.25, -0.2) is 4.39 Å². The van der Waals surface area contributed by atoms with Gasteiger partial charge in [0.2, 0.25) is 0 Å². The molecule has 0 atom stereocenters. The molecule has 0 fully saturated rings. The molecular formula is C14H12F4N2. The Labute approximate surface area is 113 Å². The van der Waals surface area contributed by atoms with E-state index >= 15 is 0 Å². The number of hydrogen-bond donors (Lipinski definition) is 2. The summed E-state index contributed by atoms with van der Waals surface area (Å²) in [5.41, 5.74) is 6.33. The molecule has 0 bridgehead atoms. The van der Waals surface area contributed by atoms with Gasteiger partial charge in [-0.15, -0.1) is 0 Å². The molecule has 20 heavy (non-hydrogen) atoms. The summed E-state index contributed by atoms with van der Waals surface area (Å²) in [4.78, 5) is 0. The largest absolute Gasteiger partial charge is 0.416 e. The van der Waals surface area contributed by atoms with Gasteiger partial charge in [-0.05, 0) is 48.9 Å². The van der Waals surface area contributed by atoms with Crippen molar-refractivity contribution in [2.45, 2.75) is 13.1 Å². The number of hydrogen-bond acceptors (Lipinski definition) is 2. The van der Waals surface area contributed by atoms with Gasteiger partial charge in [0.15, 0.2) is 0 Å². The first kappa shape index (κ1) is 14.2. The van der Waals surface area contributed by atoms with Crippen LogP contribution in [0.15, 0.2) is 36.4 Å². The number of nitrogen functional groups attached to an aromatic ring is 1. The Hall–Kier alpha value is -2.24. The first-order chi connectivity index (χ1) is 9.27. The molecule has 3 N–H and O–H groups in total. The molecule has 2 rings (SSSR count). The van der Waals surface area contributed by atoms with Gasteiger partial charge >= 0.3 is 6.18 Å². The van der Waals surface area contributed by atoms with E-state index in [0.717, 1.165) is 12.1 Å². The second-order valence-corrected chi connectivity index (χ2v) is 4.38. The van der Waals surface area contributed by atoms with E-state index in [9.17, 15) is 17.6 Å². The normalized spacial score (nSPS) is 11.4. The fourth-order valence-electron chi connectivity index (χ4n) is 1.77. The average molecular weight is 284 g/mol. The quantitative estimate of drug-likeness (QED) is 0.630. The molecular weight excluding hydrogens is 272 g/mol. The maximum absolute atomic E-state index is 13.0. The van der Waals surface area contributed by atoms with Crippen LogP contribution in [-0.4, -0.2) is 0 Å². The smallest absolute Gasteiger partial charge is 0.397 e. The van der Waals surface area contributed by atoms with Crippen LogP contribution in [0.1, 0.15) is 11.1 Å². The summed E-state index contributed by atoms with van der Waals surface area (Å²) in [6, 6.07) is 7.14. The molecule has 0 spiro atoms. The van der Waals surface area contributed by atoms with Crippen LogP contribution in [0.25, 0.3) is 0 Å². The van der Waals surface area contributed by atoms with Crippen molar-refractivity contribution in [3.63, 3.8) is 0 Å². The van der Waals surface area contributed by atoms with E-state index in [-0.39, 0.29) is 11.5 Å². The molecule has 0 radical (unpaired) electrons. The summed E-state index contributed by atoms with van der Waals surface area (Å²) < 4.78 is 50.5. The molecule has 0 aliphatic rings. The number of nitrogens with two attached hydrogens (primary N) is 1. The first-order valence-corrected chi connectivity index (χ1v) is 5.77.